The molecule has 0 aromatic carbocycles. The Bertz CT molecular complexity index is 178. The minimum atomic E-state index is 0.771. The third-order valence-corrected chi connectivity index (χ3v) is 5.46. The largest absolute Gasteiger partial charge is 0.313 e. The fourth-order valence-electron chi connectivity index (χ4n) is 2.72. The maximum absolute atomic E-state index is 3.75. The van der Waals surface area contributed by atoms with E-state index in [1.165, 1.54) is 76.5 Å². The Balaban J connectivity index is 2.12. The molecule has 1 nitrogen and oxygen atoms in total. The van der Waals surface area contributed by atoms with Gasteiger partial charge in [-0.25, -0.2) is 0 Å². The van der Waals surface area contributed by atoms with Gasteiger partial charge in [0.05, 0.1) is 0 Å². The van der Waals surface area contributed by atoms with Crippen LogP contribution in [0.3, 0.4) is 0 Å². The lowest BCUT2D eigenvalue weighted by atomic mass is 10.1. The first-order chi connectivity index (χ1) is 8.86. The summed E-state index contributed by atoms with van der Waals surface area (Å²) >= 11 is 2.24. The molecule has 0 saturated heterocycles. The van der Waals surface area contributed by atoms with Crippen LogP contribution < -0.4 is 5.32 Å². The number of thioether (sulfide) groups is 1. The van der Waals surface area contributed by atoms with Crippen molar-refractivity contribution in [2.45, 2.75) is 89.3 Å². The summed E-state index contributed by atoms with van der Waals surface area (Å²) in [7, 11) is 0. The van der Waals surface area contributed by atoms with E-state index in [2.05, 4.69) is 30.9 Å². The molecule has 1 fully saturated rings. The number of rotatable bonds is 11. The first-order valence-electron chi connectivity index (χ1n) is 8.21. The predicted octanol–water partition coefficient (Wildman–Crippen LogP) is 5.00. The lowest BCUT2D eigenvalue weighted by molar-refractivity contribution is 0.488. The standard InChI is InChI=1S/C16H33NS/c1-3-5-6-7-10-15(17-13-4-2)14-18-16-11-8-9-12-16/h15-17H,3-14H2,1-2H3. The van der Waals surface area contributed by atoms with Gasteiger partial charge in [0.2, 0.25) is 0 Å². The van der Waals surface area contributed by atoms with Crippen LogP contribution in [0.2, 0.25) is 0 Å². The van der Waals surface area contributed by atoms with Gasteiger partial charge in [0.25, 0.3) is 0 Å². The fourth-order valence-corrected chi connectivity index (χ4v) is 4.17. The monoisotopic (exact) mass is 271 g/mol. The van der Waals surface area contributed by atoms with E-state index in [0.717, 1.165) is 11.3 Å². The summed E-state index contributed by atoms with van der Waals surface area (Å²) in [5, 5.41) is 4.73. The predicted molar refractivity (Wildman–Crippen MR) is 85.6 cm³/mol. The van der Waals surface area contributed by atoms with Gasteiger partial charge in [-0.1, -0.05) is 52.4 Å². The second-order valence-corrected chi connectivity index (χ2v) is 7.07. The number of unbranched alkanes of at least 4 members (excludes halogenated alkanes) is 3. The molecule has 1 N–H and O–H groups in total. The molecular weight excluding hydrogens is 238 g/mol. The molecule has 0 radical (unpaired) electrons. The molecule has 1 saturated carbocycles. The molecule has 0 aliphatic heterocycles. The van der Waals surface area contributed by atoms with Gasteiger partial charge in [-0.15, -0.1) is 0 Å². The molecule has 18 heavy (non-hydrogen) atoms. The van der Waals surface area contributed by atoms with Gasteiger partial charge < -0.3 is 5.32 Å². The fraction of sp³-hybridized carbons (Fsp3) is 1.00. The second kappa shape index (κ2) is 11.2. The van der Waals surface area contributed by atoms with Crippen LogP contribution in [0.4, 0.5) is 0 Å². The van der Waals surface area contributed by atoms with Crippen LogP contribution >= 0.6 is 11.8 Å². The smallest absolute Gasteiger partial charge is 0.0158 e. The summed E-state index contributed by atoms with van der Waals surface area (Å²) in [5.74, 6) is 1.34. The molecule has 1 rings (SSSR count). The van der Waals surface area contributed by atoms with Crippen LogP contribution in [0.5, 0.6) is 0 Å². The summed E-state index contributed by atoms with van der Waals surface area (Å²) in [6, 6.07) is 0.771. The van der Waals surface area contributed by atoms with Crippen molar-refractivity contribution in [1.29, 1.82) is 0 Å². The Labute approximate surface area is 119 Å². The molecule has 1 unspecified atom stereocenters. The third kappa shape index (κ3) is 7.68. The Hall–Kier alpha value is 0.310. The van der Waals surface area contributed by atoms with Gasteiger partial charge in [-0.05, 0) is 32.2 Å². The van der Waals surface area contributed by atoms with E-state index < -0.39 is 0 Å². The van der Waals surface area contributed by atoms with Gasteiger partial charge in [-0.2, -0.15) is 11.8 Å². The van der Waals surface area contributed by atoms with Crippen LogP contribution in [0.25, 0.3) is 0 Å². The van der Waals surface area contributed by atoms with Crippen molar-refractivity contribution in [1.82, 2.24) is 5.32 Å². The average molecular weight is 272 g/mol. The van der Waals surface area contributed by atoms with Crippen LogP contribution in [0.15, 0.2) is 0 Å². The second-order valence-electron chi connectivity index (χ2n) is 5.74. The third-order valence-electron chi connectivity index (χ3n) is 3.92. The molecule has 1 aliphatic carbocycles. The highest BCUT2D eigenvalue weighted by Gasteiger charge is 2.17. The van der Waals surface area contributed by atoms with Crippen molar-refractivity contribution in [2.24, 2.45) is 0 Å². The SMILES string of the molecule is CCCCCCC(CSC1CCCC1)NCCC. The Morgan fingerprint density at radius 1 is 1.06 bits per heavy atom. The van der Waals surface area contributed by atoms with Crippen LogP contribution in [-0.4, -0.2) is 23.6 Å². The van der Waals surface area contributed by atoms with Crippen molar-refractivity contribution in [3.05, 3.63) is 0 Å². The Morgan fingerprint density at radius 2 is 1.83 bits per heavy atom. The van der Waals surface area contributed by atoms with Crippen LogP contribution in [0.1, 0.15) is 78.1 Å². The Morgan fingerprint density at radius 3 is 2.50 bits per heavy atom. The summed E-state index contributed by atoms with van der Waals surface area (Å²) in [5.41, 5.74) is 0. The zero-order valence-corrected chi connectivity index (χ0v) is 13.4. The molecule has 1 aliphatic rings. The zero-order chi connectivity index (χ0) is 13.1. The van der Waals surface area contributed by atoms with Crippen molar-refractivity contribution in [3.8, 4) is 0 Å². The zero-order valence-electron chi connectivity index (χ0n) is 12.5. The topological polar surface area (TPSA) is 12.0 Å². The maximum Gasteiger partial charge on any atom is 0.0158 e. The van der Waals surface area contributed by atoms with E-state index in [1.54, 1.807) is 0 Å². The maximum atomic E-state index is 3.75. The van der Waals surface area contributed by atoms with Crippen molar-refractivity contribution < 1.29 is 0 Å². The molecule has 0 spiro atoms. The van der Waals surface area contributed by atoms with E-state index in [4.69, 9.17) is 0 Å². The van der Waals surface area contributed by atoms with Gasteiger partial charge in [0.1, 0.15) is 0 Å². The van der Waals surface area contributed by atoms with Crippen LogP contribution in [0, 0.1) is 0 Å². The van der Waals surface area contributed by atoms with Crippen molar-refractivity contribution in [2.75, 3.05) is 12.3 Å². The summed E-state index contributed by atoms with van der Waals surface area (Å²) < 4.78 is 0. The average Bonchev–Trinajstić information content (AvgIpc) is 2.90. The molecule has 0 aromatic rings. The molecular formula is C16H33NS. The van der Waals surface area contributed by atoms with E-state index in [-0.39, 0.29) is 0 Å². The van der Waals surface area contributed by atoms with E-state index in [0.29, 0.717) is 0 Å². The van der Waals surface area contributed by atoms with Crippen LogP contribution in [-0.2, 0) is 0 Å². The van der Waals surface area contributed by atoms with Crippen molar-refractivity contribution >= 4 is 11.8 Å². The first-order valence-corrected chi connectivity index (χ1v) is 9.26. The van der Waals surface area contributed by atoms with Gasteiger partial charge in [0.15, 0.2) is 0 Å². The number of hydrogen-bond acceptors (Lipinski definition) is 2. The normalized spacial score (nSPS) is 18.3. The number of hydrogen-bond donors (Lipinski definition) is 1. The first kappa shape index (κ1) is 16.4. The minimum Gasteiger partial charge on any atom is -0.313 e. The highest BCUT2D eigenvalue weighted by molar-refractivity contribution is 7.99. The molecule has 0 amide bonds. The van der Waals surface area contributed by atoms with Gasteiger partial charge >= 0.3 is 0 Å². The minimum absolute atomic E-state index is 0.771. The quantitative estimate of drug-likeness (QED) is 0.531. The Kier molecular flexibility index (Phi) is 10.1. The molecule has 1 atom stereocenters. The van der Waals surface area contributed by atoms with Crippen molar-refractivity contribution in [3.63, 3.8) is 0 Å². The van der Waals surface area contributed by atoms with Gasteiger partial charge in [-0.3, -0.25) is 0 Å². The summed E-state index contributed by atoms with van der Waals surface area (Å²) in [4.78, 5) is 0. The summed E-state index contributed by atoms with van der Waals surface area (Å²) in [6.45, 7) is 5.76. The molecule has 108 valence electrons. The molecule has 2 heteroatoms. The van der Waals surface area contributed by atoms with E-state index >= 15 is 0 Å². The number of nitrogens with one attached hydrogen (secondary N) is 1. The highest BCUT2D eigenvalue weighted by atomic mass is 32.2. The lowest BCUT2D eigenvalue weighted by Gasteiger charge is -2.20. The van der Waals surface area contributed by atoms with E-state index in [1.807, 2.05) is 0 Å². The van der Waals surface area contributed by atoms with Gasteiger partial charge in [0, 0.05) is 17.0 Å². The molecule has 0 bridgehead atoms. The summed E-state index contributed by atoms with van der Waals surface area (Å²) in [6.07, 6.45) is 14.2. The highest BCUT2D eigenvalue weighted by Crippen LogP contribution is 2.30. The lowest BCUT2D eigenvalue weighted by Crippen LogP contribution is -2.32. The molecule has 0 aromatic heterocycles. The van der Waals surface area contributed by atoms with E-state index in [9.17, 15) is 0 Å². The molecule has 0 heterocycles.